The summed E-state index contributed by atoms with van der Waals surface area (Å²) in [5.74, 6) is -0.362. The van der Waals surface area contributed by atoms with Crippen LogP contribution in [0.25, 0.3) is 17.0 Å². The Morgan fingerprint density at radius 2 is 2.22 bits per heavy atom. The minimum absolute atomic E-state index is 0.362. The average molecular weight is 241 g/mol. The molecule has 0 aliphatic heterocycles. The van der Waals surface area contributed by atoms with E-state index in [1.807, 2.05) is 18.2 Å². The Morgan fingerprint density at radius 3 is 2.94 bits per heavy atom. The fourth-order valence-corrected chi connectivity index (χ4v) is 1.74. The number of rotatable bonds is 3. The highest BCUT2D eigenvalue weighted by molar-refractivity contribution is 5.94. The van der Waals surface area contributed by atoms with Crippen molar-refractivity contribution in [2.75, 3.05) is 7.11 Å². The monoisotopic (exact) mass is 241 g/mol. The van der Waals surface area contributed by atoms with Crippen LogP contribution in [0.4, 0.5) is 0 Å². The van der Waals surface area contributed by atoms with Crippen molar-refractivity contribution in [1.29, 1.82) is 0 Å². The number of allylic oxidation sites excluding steroid dienone is 1. The van der Waals surface area contributed by atoms with Crippen LogP contribution in [0.1, 0.15) is 29.3 Å². The van der Waals surface area contributed by atoms with Crippen LogP contribution in [0.2, 0.25) is 0 Å². The van der Waals surface area contributed by atoms with Crippen molar-refractivity contribution in [1.82, 2.24) is 4.98 Å². The van der Waals surface area contributed by atoms with Gasteiger partial charge in [0.25, 0.3) is 0 Å². The molecular weight excluding hydrogens is 226 g/mol. The summed E-state index contributed by atoms with van der Waals surface area (Å²) >= 11 is 0. The van der Waals surface area contributed by atoms with E-state index in [2.05, 4.69) is 28.8 Å². The molecule has 0 aliphatic carbocycles. The van der Waals surface area contributed by atoms with Crippen molar-refractivity contribution < 1.29 is 9.53 Å². The van der Waals surface area contributed by atoms with E-state index in [1.165, 1.54) is 13.3 Å². The molecule has 0 saturated heterocycles. The van der Waals surface area contributed by atoms with Gasteiger partial charge >= 0.3 is 5.97 Å². The molecule has 2 aromatic rings. The zero-order valence-electron chi connectivity index (χ0n) is 10.5. The summed E-state index contributed by atoms with van der Waals surface area (Å²) in [6.45, 7) is 2.09. The van der Waals surface area contributed by atoms with Crippen molar-refractivity contribution in [3.63, 3.8) is 0 Å². The smallest absolute Gasteiger partial charge is 0.339 e. The fraction of sp³-hybridized carbons (Fsp3) is 0.200. The summed E-state index contributed by atoms with van der Waals surface area (Å²) in [5, 5.41) is 0.941. The van der Waals surface area contributed by atoms with Crippen LogP contribution < -0.4 is 0 Å². The van der Waals surface area contributed by atoms with Gasteiger partial charge in [-0.25, -0.2) is 4.79 Å². The Labute approximate surface area is 106 Å². The van der Waals surface area contributed by atoms with Gasteiger partial charge in [-0.3, -0.25) is 4.98 Å². The summed E-state index contributed by atoms with van der Waals surface area (Å²) < 4.78 is 4.69. The number of benzene rings is 1. The zero-order valence-corrected chi connectivity index (χ0v) is 10.5. The molecule has 0 unspecified atom stereocenters. The largest absolute Gasteiger partial charge is 0.465 e. The van der Waals surface area contributed by atoms with E-state index in [0.29, 0.717) is 5.56 Å². The van der Waals surface area contributed by atoms with Crippen molar-refractivity contribution in [2.24, 2.45) is 0 Å². The quantitative estimate of drug-likeness (QED) is 0.773. The van der Waals surface area contributed by atoms with E-state index in [0.717, 1.165) is 22.9 Å². The van der Waals surface area contributed by atoms with Crippen molar-refractivity contribution in [3.05, 3.63) is 47.7 Å². The van der Waals surface area contributed by atoms with Gasteiger partial charge in [0.05, 0.1) is 18.2 Å². The minimum atomic E-state index is -0.362. The van der Waals surface area contributed by atoms with E-state index >= 15 is 0 Å². The second kappa shape index (κ2) is 5.45. The number of hydrogen-bond acceptors (Lipinski definition) is 3. The molecule has 1 aromatic carbocycles. The van der Waals surface area contributed by atoms with E-state index < -0.39 is 0 Å². The van der Waals surface area contributed by atoms with E-state index in [1.54, 1.807) is 6.07 Å². The summed E-state index contributed by atoms with van der Waals surface area (Å²) in [6, 6.07) is 7.78. The number of pyridine rings is 1. The normalized spacial score (nSPS) is 11.0. The van der Waals surface area contributed by atoms with Gasteiger partial charge in [0.2, 0.25) is 0 Å². The minimum Gasteiger partial charge on any atom is -0.465 e. The molecule has 0 radical (unpaired) electrons. The maximum absolute atomic E-state index is 11.4. The van der Waals surface area contributed by atoms with Gasteiger partial charge in [-0.1, -0.05) is 25.1 Å². The SMILES string of the molecule is CC/C=C/c1ccc2ncc(C(=O)OC)cc2c1. The summed E-state index contributed by atoms with van der Waals surface area (Å²) in [4.78, 5) is 15.7. The van der Waals surface area contributed by atoms with Gasteiger partial charge < -0.3 is 4.74 Å². The number of aromatic nitrogens is 1. The first-order valence-corrected chi connectivity index (χ1v) is 5.89. The summed E-state index contributed by atoms with van der Waals surface area (Å²) in [5.41, 5.74) is 2.45. The lowest BCUT2D eigenvalue weighted by Gasteiger charge is -2.02. The molecule has 0 N–H and O–H groups in total. The maximum Gasteiger partial charge on any atom is 0.339 e. The molecular formula is C15H15NO2. The molecule has 0 atom stereocenters. The third-order valence-corrected chi connectivity index (χ3v) is 2.67. The first kappa shape index (κ1) is 12.3. The van der Waals surface area contributed by atoms with Crippen molar-refractivity contribution in [2.45, 2.75) is 13.3 Å². The maximum atomic E-state index is 11.4. The Kier molecular flexibility index (Phi) is 3.72. The van der Waals surface area contributed by atoms with Gasteiger partial charge in [-0.2, -0.15) is 0 Å². The van der Waals surface area contributed by atoms with Crippen molar-refractivity contribution >= 4 is 22.9 Å². The highest BCUT2D eigenvalue weighted by atomic mass is 16.5. The highest BCUT2D eigenvalue weighted by Gasteiger charge is 2.06. The topological polar surface area (TPSA) is 39.2 Å². The third-order valence-electron chi connectivity index (χ3n) is 2.67. The number of nitrogens with zero attached hydrogens (tertiary/aromatic N) is 1. The molecule has 3 nitrogen and oxygen atoms in total. The Morgan fingerprint density at radius 1 is 1.39 bits per heavy atom. The predicted octanol–water partition coefficient (Wildman–Crippen LogP) is 3.44. The Bertz CT molecular complexity index is 602. The van der Waals surface area contributed by atoms with Gasteiger partial charge in [-0.05, 0) is 30.2 Å². The first-order valence-electron chi connectivity index (χ1n) is 5.89. The van der Waals surface area contributed by atoms with E-state index in [4.69, 9.17) is 0 Å². The average Bonchev–Trinajstić information content (AvgIpc) is 2.43. The van der Waals surface area contributed by atoms with Gasteiger partial charge in [0.15, 0.2) is 0 Å². The molecule has 1 heterocycles. The molecule has 0 aliphatic rings. The summed E-state index contributed by atoms with van der Waals surface area (Å²) in [6.07, 6.45) is 6.69. The standard InChI is InChI=1S/C15H15NO2/c1-3-4-5-11-6-7-14-12(8-11)9-13(10-16-14)15(17)18-2/h4-10H,3H2,1-2H3/b5-4+. The molecule has 3 heteroatoms. The lowest BCUT2D eigenvalue weighted by atomic mass is 10.1. The first-order chi connectivity index (χ1) is 8.74. The molecule has 0 amide bonds. The highest BCUT2D eigenvalue weighted by Crippen LogP contribution is 2.17. The van der Waals surface area contributed by atoms with Gasteiger partial charge in [-0.15, -0.1) is 0 Å². The number of carbonyl (C=O) groups is 1. The van der Waals surface area contributed by atoms with Gasteiger partial charge in [0, 0.05) is 11.6 Å². The number of hydrogen-bond donors (Lipinski definition) is 0. The molecule has 0 fully saturated rings. The van der Waals surface area contributed by atoms with Crippen LogP contribution in [0.5, 0.6) is 0 Å². The molecule has 1 aromatic heterocycles. The number of carbonyl (C=O) groups excluding carboxylic acids is 1. The molecule has 92 valence electrons. The van der Waals surface area contributed by atoms with Gasteiger partial charge in [0.1, 0.15) is 0 Å². The number of methoxy groups -OCH3 is 1. The van der Waals surface area contributed by atoms with Crippen LogP contribution >= 0.6 is 0 Å². The molecule has 0 saturated carbocycles. The second-order valence-corrected chi connectivity index (χ2v) is 3.98. The predicted molar refractivity (Wildman–Crippen MR) is 72.4 cm³/mol. The van der Waals surface area contributed by atoms with Crippen molar-refractivity contribution in [3.8, 4) is 0 Å². The second-order valence-electron chi connectivity index (χ2n) is 3.98. The number of fused-ring (bicyclic) bond motifs is 1. The fourth-order valence-electron chi connectivity index (χ4n) is 1.74. The number of ether oxygens (including phenoxy) is 1. The third kappa shape index (κ3) is 2.56. The summed E-state index contributed by atoms with van der Waals surface area (Å²) in [7, 11) is 1.37. The molecule has 18 heavy (non-hydrogen) atoms. The van der Waals surface area contributed by atoms with Crippen LogP contribution in [0.3, 0.4) is 0 Å². The lowest BCUT2D eigenvalue weighted by Crippen LogP contribution is -2.01. The number of esters is 1. The zero-order chi connectivity index (χ0) is 13.0. The Balaban J connectivity index is 2.46. The molecule has 2 rings (SSSR count). The Hall–Kier alpha value is -2.16. The van der Waals surface area contributed by atoms with Crippen LogP contribution in [-0.2, 0) is 4.74 Å². The van der Waals surface area contributed by atoms with Crippen LogP contribution in [0, 0.1) is 0 Å². The molecule has 0 spiro atoms. The lowest BCUT2D eigenvalue weighted by molar-refractivity contribution is 0.0600. The van der Waals surface area contributed by atoms with E-state index in [9.17, 15) is 4.79 Å². The van der Waals surface area contributed by atoms with Crippen LogP contribution in [-0.4, -0.2) is 18.1 Å². The van der Waals surface area contributed by atoms with Crippen LogP contribution in [0.15, 0.2) is 36.5 Å². The van der Waals surface area contributed by atoms with E-state index in [-0.39, 0.29) is 5.97 Å². The molecule has 0 bridgehead atoms.